The molecule has 2 aliphatic rings. The van der Waals surface area contributed by atoms with Crippen molar-refractivity contribution < 1.29 is 19.4 Å². The predicted octanol–water partition coefficient (Wildman–Crippen LogP) is 2.68. The normalized spacial score (nSPS) is 18.7. The van der Waals surface area contributed by atoms with Crippen LogP contribution in [0, 0.1) is 0 Å². The molecule has 0 aromatic heterocycles. The van der Waals surface area contributed by atoms with Gasteiger partial charge in [0.25, 0.3) is 0 Å². The lowest BCUT2D eigenvalue weighted by molar-refractivity contribution is -0.137. The molecular weight excluding hydrogens is 344 g/mol. The van der Waals surface area contributed by atoms with Crippen molar-refractivity contribution in [3.63, 3.8) is 0 Å². The van der Waals surface area contributed by atoms with E-state index in [1.54, 1.807) is 4.90 Å². The third-order valence-electron chi connectivity index (χ3n) is 5.27. The molecule has 1 aliphatic heterocycles. The van der Waals surface area contributed by atoms with Crippen LogP contribution in [0.15, 0.2) is 48.5 Å². The fourth-order valence-electron chi connectivity index (χ4n) is 4.02. The number of ether oxygens (including phenoxy) is 1. The number of piperazine rings is 1. The Kier molecular flexibility index (Phi) is 4.81. The predicted molar refractivity (Wildman–Crippen MR) is 101 cm³/mol. The molecule has 1 heterocycles. The van der Waals surface area contributed by atoms with Crippen molar-refractivity contribution in [1.29, 1.82) is 0 Å². The molecule has 140 valence electrons. The Morgan fingerprint density at radius 1 is 1.07 bits per heavy atom. The van der Waals surface area contributed by atoms with Crippen molar-refractivity contribution in [1.82, 2.24) is 10.2 Å². The molecule has 0 bridgehead atoms. The minimum atomic E-state index is -0.873. The van der Waals surface area contributed by atoms with Gasteiger partial charge in [-0.1, -0.05) is 48.5 Å². The molecule has 1 saturated heterocycles. The van der Waals surface area contributed by atoms with E-state index < -0.39 is 5.97 Å². The number of benzene rings is 2. The van der Waals surface area contributed by atoms with Gasteiger partial charge in [0.05, 0.1) is 6.42 Å². The summed E-state index contributed by atoms with van der Waals surface area (Å²) in [6.07, 6.45) is -0.388. The first kappa shape index (κ1) is 17.5. The first-order valence-electron chi connectivity index (χ1n) is 9.18. The molecule has 1 fully saturated rings. The fraction of sp³-hybridized carbons (Fsp3) is 0.333. The van der Waals surface area contributed by atoms with E-state index in [0.29, 0.717) is 19.6 Å². The Balaban J connectivity index is 1.44. The van der Waals surface area contributed by atoms with Crippen LogP contribution < -0.4 is 5.32 Å². The number of amides is 1. The standard InChI is InChI=1S/C21H22N2O4/c24-20(25)11-14-12-23(10-9-22-14)21(26)27-13-19-17-7-3-1-5-15(17)16-6-2-4-8-18(16)19/h1-8,14,19,22H,9-13H2,(H,24,25)/t14-/m1/s1. The number of fused-ring (bicyclic) bond motifs is 3. The van der Waals surface area contributed by atoms with E-state index in [9.17, 15) is 9.59 Å². The summed E-state index contributed by atoms with van der Waals surface area (Å²) in [5, 5.41) is 12.1. The molecular formula is C21H22N2O4. The third kappa shape index (κ3) is 3.53. The Labute approximate surface area is 157 Å². The number of hydrogen-bond acceptors (Lipinski definition) is 4. The molecule has 1 aliphatic carbocycles. The summed E-state index contributed by atoms with van der Waals surface area (Å²) in [6.45, 7) is 1.72. The number of hydrogen-bond donors (Lipinski definition) is 2. The van der Waals surface area contributed by atoms with Gasteiger partial charge in [0.15, 0.2) is 0 Å². The topological polar surface area (TPSA) is 78.9 Å². The van der Waals surface area contributed by atoms with E-state index >= 15 is 0 Å². The van der Waals surface area contributed by atoms with Gasteiger partial charge in [-0.2, -0.15) is 0 Å². The number of carbonyl (C=O) groups excluding carboxylic acids is 1. The molecule has 1 atom stereocenters. The van der Waals surface area contributed by atoms with Crippen LogP contribution in [0.3, 0.4) is 0 Å². The third-order valence-corrected chi connectivity index (χ3v) is 5.27. The summed E-state index contributed by atoms with van der Waals surface area (Å²) < 4.78 is 5.64. The average molecular weight is 366 g/mol. The van der Waals surface area contributed by atoms with E-state index in [1.807, 2.05) is 24.3 Å². The number of carboxylic acids is 1. The van der Waals surface area contributed by atoms with Crippen molar-refractivity contribution in [2.24, 2.45) is 0 Å². The smallest absolute Gasteiger partial charge is 0.409 e. The number of aliphatic carboxylic acids is 1. The van der Waals surface area contributed by atoms with Crippen LogP contribution in [0.1, 0.15) is 23.5 Å². The van der Waals surface area contributed by atoms with Gasteiger partial charge < -0.3 is 20.1 Å². The molecule has 1 amide bonds. The van der Waals surface area contributed by atoms with Crippen LogP contribution in [0.5, 0.6) is 0 Å². The summed E-state index contributed by atoms with van der Waals surface area (Å²) >= 11 is 0. The van der Waals surface area contributed by atoms with E-state index in [-0.39, 0.29) is 31.1 Å². The number of carboxylic acid groups (broad SMARTS) is 1. The quantitative estimate of drug-likeness (QED) is 0.870. The first-order chi connectivity index (χ1) is 13.1. The second kappa shape index (κ2) is 7.40. The SMILES string of the molecule is O=C(O)C[C@@H]1CN(C(=O)OCC2c3ccccc3-c3ccccc32)CCN1. The van der Waals surface area contributed by atoms with Gasteiger partial charge in [-0.15, -0.1) is 0 Å². The lowest BCUT2D eigenvalue weighted by atomic mass is 9.98. The van der Waals surface area contributed by atoms with Crippen molar-refractivity contribution in [3.8, 4) is 11.1 Å². The van der Waals surface area contributed by atoms with Crippen molar-refractivity contribution in [3.05, 3.63) is 59.7 Å². The zero-order valence-corrected chi connectivity index (χ0v) is 14.9. The maximum Gasteiger partial charge on any atom is 0.409 e. The molecule has 4 rings (SSSR count). The Bertz CT molecular complexity index is 821. The van der Waals surface area contributed by atoms with E-state index in [4.69, 9.17) is 9.84 Å². The van der Waals surface area contributed by atoms with Crippen LogP contribution in [-0.2, 0) is 9.53 Å². The van der Waals surface area contributed by atoms with Gasteiger partial charge in [0.2, 0.25) is 0 Å². The average Bonchev–Trinajstić information content (AvgIpc) is 3.00. The molecule has 27 heavy (non-hydrogen) atoms. The lowest BCUT2D eigenvalue weighted by Gasteiger charge is -2.32. The second-order valence-electron chi connectivity index (χ2n) is 7.00. The number of nitrogens with one attached hydrogen (secondary N) is 1. The molecule has 0 spiro atoms. The molecule has 2 aromatic carbocycles. The molecule has 2 aromatic rings. The van der Waals surface area contributed by atoms with Crippen LogP contribution in [0.25, 0.3) is 11.1 Å². The summed E-state index contributed by atoms with van der Waals surface area (Å²) in [5.74, 6) is -0.846. The van der Waals surface area contributed by atoms with Crippen molar-refractivity contribution in [2.75, 3.05) is 26.2 Å². The summed E-state index contributed by atoms with van der Waals surface area (Å²) in [6, 6.07) is 16.2. The van der Waals surface area contributed by atoms with E-state index in [1.165, 1.54) is 22.3 Å². The highest BCUT2D eigenvalue weighted by molar-refractivity contribution is 5.79. The molecule has 0 radical (unpaired) electrons. The number of rotatable bonds is 4. The number of nitrogens with zero attached hydrogens (tertiary/aromatic N) is 1. The molecule has 2 N–H and O–H groups in total. The van der Waals surface area contributed by atoms with Gasteiger partial charge in [0.1, 0.15) is 6.61 Å². The summed E-state index contributed by atoms with van der Waals surface area (Å²) in [7, 11) is 0. The van der Waals surface area contributed by atoms with Crippen molar-refractivity contribution >= 4 is 12.1 Å². The van der Waals surface area contributed by atoms with Gasteiger partial charge in [-0.25, -0.2) is 4.79 Å². The summed E-state index contributed by atoms with van der Waals surface area (Å²) in [4.78, 5) is 25.0. The molecule has 0 saturated carbocycles. The highest BCUT2D eigenvalue weighted by atomic mass is 16.6. The largest absolute Gasteiger partial charge is 0.481 e. The van der Waals surface area contributed by atoms with E-state index in [0.717, 1.165) is 0 Å². The molecule has 6 nitrogen and oxygen atoms in total. The van der Waals surface area contributed by atoms with Crippen LogP contribution in [0.2, 0.25) is 0 Å². The van der Waals surface area contributed by atoms with Gasteiger partial charge in [-0.05, 0) is 22.3 Å². The fourth-order valence-corrected chi connectivity index (χ4v) is 4.02. The second-order valence-corrected chi connectivity index (χ2v) is 7.00. The maximum absolute atomic E-state index is 12.5. The Hall–Kier alpha value is -2.86. The van der Waals surface area contributed by atoms with Crippen LogP contribution >= 0.6 is 0 Å². The zero-order valence-electron chi connectivity index (χ0n) is 14.9. The summed E-state index contributed by atoms with van der Waals surface area (Å²) in [5.41, 5.74) is 4.74. The Morgan fingerprint density at radius 3 is 2.33 bits per heavy atom. The number of carbonyl (C=O) groups is 2. The molecule has 6 heteroatoms. The van der Waals surface area contributed by atoms with E-state index in [2.05, 4.69) is 29.6 Å². The van der Waals surface area contributed by atoms with Crippen molar-refractivity contribution in [2.45, 2.75) is 18.4 Å². The maximum atomic E-state index is 12.5. The minimum Gasteiger partial charge on any atom is -0.481 e. The zero-order chi connectivity index (χ0) is 18.8. The minimum absolute atomic E-state index is 0.00679. The highest BCUT2D eigenvalue weighted by Gasteiger charge is 2.31. The molecule has 0 unspecified atom stereocenters. The first-order valence-corrected chi connectivity index (χ1v) is 9.18. The van der Waals surface area contributed by atoms with Gasteiger partial charge in [-0.3, -0.25) is 4.79 Å². The Morgan fingerprint density at radius 2 is 1.70 bits per heavy atom. The van der Waals surface area contributed by atoms with Crippen LogP contribution in [0.4, 0.5) is 4.79 Å². The lowest BCUT2D eigenvalue weighted by Crippen LogP contribution is -2.53. The van der Waals surface area contributed by atoms with Gasteiger partial charge >= 0.3 is 12.1 Å². The van der Waals surface area contributed by atoms with Gasteiger partial charge in [0, 0.05) is 31.6 Å². The van der Waals surface area contributed by atoms with Crippen LogP contribution in [-0.4, -0.2) is 54.4 Å². The highest BCUT2D eigenvalue weighted by Crippen LogP contribution is 2.44. The monoisotopic (exact) mass is 366 g/mol.